The summed E-state index contributed by atoms with van der Waals surface area (Å²) in [6, 6.07) is 15.7. The lowest BCUT2D eigenvalue weighted by Crippen LogP contribution is -2.37. The number of morpholine rings is 1. The Bertz CT molecular complexity index is 1530. The molecule has 0 aliphatic carbocycles. The van der Waals surface area contributed by atoms with Crippen LogP contribution in [0.1, 0.15) is 24.5 Å². The van der Waals surface area contributed by atoms with Crippen molar-refractivity contribution in [3.05, 3.63) is 82.9 Å². The minimum absolute atomic E-state index is 0.140. The van der Waals surface area contributed by atoms with Gasteiger partial charge in [0.15, 0.2) is 11.5 Å². The van der Waals surface area contributed by atoms with Crippen LogP contribution in [-0.2, 0) is 16.2 Å². The van der Waals surface area contributed by atoms with Gasteiger partial charge in [0.05, 0.1) is 43.2 Å². The third-order valence-electron chi connectivity index (χ3n) is 6.90. The molecule has 0 atom stereocenters. The van der Waals surface area contributed by atoms with Crippen LogP contribution in [0, 0.1) is 5.82 Å². The van der Waals surface area contributed by atoms with E-state index in [1.165, 1.54) is 18.5 Å². The first-order chi connectivity index (χ1) is 20.5. The lowest BCUT2D eigenvalue weighted by Gasteiger charge is -2.26. The van der Waals surface area contributed by atoms with E-state index >= 15 is 0 Å². The normalized spacial score (nSPS) is 14.1. The predicted molar refractivity (Wildman–Crippen MR) is 162 cm³/mol. The van der Waals surface area contributed by atoms with Crippen molar-refractivity contribution < 1.29 is 23.4 Å². The number of hydrogen-bond acceptors (Lipinski definition) is 9. The van der Waals surface area contributed by atoms with E-state index in [9.17, 15) is 4.39 Å². The maximum absolute atomic E-state index is 13.2. The SMILES string of the molecule is COc1cc2ncnc(Nc3ccc(/C(C)=N\OCc4ccc(F)cc4Cl)cc3)c2cc1OCCCN1CCOCC1. The Balaban J connectivity index is 1.23. The Morgan fingerprint density at radius 1 is 1.07 bits per heavy atom. The highest BCUT2D eigenvalue weighted by molar-refractivity contribution is 6.31. The molecule has 0 spiro atoms. The highest BCUT2D eigenvalue weighted by Crippen LogP contribution is 2.35. The number of nitrogens with one attached hydrogen (secondary N) is 1. The van der Waals surface area contributed by atoms with E-state index in [-0.39, 0.29) is 6.61 Å². The van der Waals surface area contributed by atoms with E-state index in [1.807, 2.05) is 43.3 Å². The van der Waals surface area contributed by atoms with Gasteiger partial charge in [-0.15, -0.1) is 0 Å². The van der Waals surface area contributed by atoms with Gasteiger partial charge >= 0.3 is 0 Å². The molecular weight excluding hydrogens is 561 g/mol. The second-order valence-corrected chi connectivity index (χ2v) is 10.2. The third-order valence-corrected chi connectivity index (χ3v) is 7.25. The zero-order valence-corrected chi connectivity index (χ0v) is 24.4. The van der Waals surface area contributed by atoms with Gasteiger partial charge in [0.2, 0.25) is 0 Å². The monoisotopic (exact) mass is 593 g/mol. The van der Waals surface area contributed by atoms with Crippen molar-refractivity contribution in [2.45, 2.75) is 20.0 Å². The molecule has 3 aromatic carbocycles. The summed E-state index contributed by atoms with van der Waals surface area (Å²) in [4.78, 5) is 16.7. The Labute approximate surface area is 249 Å². The molecule has 0 amide bonds. The number of benzene rings is 3. The van der Waals surface area contributed by atoms with Gasteiger partial charge in [-0.1, -0.05) is 35.0 Å². The van der Waals surface area contributed by atoms with E-state index < -0.39 is 5.82 Å². The van der Waals surface area contributed by atoms with Crippen molar-refractivity contribution in [1.82, 2.24) is 14.9 Å². The Hall–Kier alpha value is -3.99. The zero-order chi connectivity index (χ0) is 29.3. The van der Waals surface area contributed by atoms with Crippen LogP contribution in [0.15, 0.2) is 66.1 Å². The van der Waals surface area contributed by atoms with Crippen molar-refractivity contribution in [3.8, 4) is 11.5 Å². The van der Waals surface area contributed by atoms with Gasteiger partial charge in [-0.25, -0.2) is 14.4 Å². The largest absolute Gasteiger partial charge is 0.493 e. The second kappa shape index (κ2) is 14.3. The van der Waals surface area contributed by atoms with Gasteiger partial charge in [0, 0.05) is 42.3 Å². The van der Waals surface area contributed by atoms with Crippen molar-refractivity contribution in [3.63, 3.8) is 0 Å². The summed E-state index contributed by atoms with van der Waals surface area (Å²) in [6.45, 7) is 7.01. The number of aromatic nitrogens is 2. The Kier molecular flexibility index (Phi) is 10.0. The summed E-state index contributed by atoms with van der Waals surface area (Å²) < 4.78 is 30.4. The molecule has 2 heterocycles. The molecule has 4 aromatic rings. The molecule has 220 valence electrons. The lowest BCUT2D eigenvalue weighted by atomic mass is 10.1. The fourth-order valence-electron chi connectivity index (χ4n) is 4.55. The van der Waals surface area contributed by atoms with Gasteiger partial charge in [-0.05, 0) is 49.2 Å². The molecular formula is C31H33ClFN5O4. The molecule has 1 aliphatic rings. The van der Waals surface area contributed by atoms with Crippen molar-refractivity contribution >= 4 is 39.7 Å². The molecule has 9 nitrogen and oxygen atoms in total. The maximum Gasteiger partial charge on any atom is 0.162 e. The van der Waals surface area contributed by atoms with Gasteiger partial charge < -0.3 is 24.4 Å². The van der Waals surface area contributed by atoms with Crippen LogP contribution in [0.5, 0.6) is 11.5 Å². The number of oxime groups is 1. The molecule has 1 aromatic heterocycles. The van der Waals surface area contributed by atoms with E-state index in [1.54, 1.807) is 13.2 Å². The average molecular weight is 594 g/mol. The molecule has 1 saturated heterocycles. The standard InChI is InChI=1S/C31H33ClFN5O4/c1-21(37-42-19-23-4-7-24(33)16-27(23)32)22-5-8-25(9-6-22)36-31-26-17-30(29(39-2)18-28(26)34-20-35-31)41-13-3-10-38-11-14-40-15-12-38/h4-9,16-18,20H,3,10-15,19H2,1-2H3,(H,34,35,36)/b37-21-. The zero-order valence-electron chi connectivity index (χ0n) is 23.6. The molecule has 1 N–H and O–H groups in total. The maximum atomic E-state index is 13.2. The van der Waals surface area contributed by atoms with E-state index in [0.29, 0.717) is 40.2 Å². The number of fused-ring (bicyclic) bond motifs is 1. The predicted octanol–water partition coefficient (Wildman–Crippen LogP) is 6.22. The molecule has 0 saturated carbocycles. The van der Waals surface area contributed by atoms with E-state index in [0.717, 1.165) is 61.4 Å². The highest BCUT2D eigenvalue weighted by atomic mass is 35.5. The van der Waals surface area contributed by atoms with Crippen LogP contribution >= 0.6 is 11.6 Å². The average Bonchev–Trinajstić information content (AvgIpc) is 3.01. The first kappa shape index (κ1) is 29.5. The quantitative estimate of drug-likeness (QED) is 0.118. The number of ether oxygens (including phenoxy) is 3. The van der Waals surface area contributed by atoms with Crippen LogP contribution < -0.4 is 14.8 Å². The molecule has 0 radical (unpaired) electrons. The fourth-order valence-corrected chi connectivity index (χ4v) is 4.77. The van der Waals surface area contributed by atoms with Crippen molar-refractivity contribution in [2.24, 2.45) is 5.16 Å². The highest BCUT2D eigenvalue weighted by Gasteiger charge is 2.14. The van der Waals surface area contributed by atoms with Gasteiger partial charge in [0.25, 0.3) is 0 Å². The van der Waals surface area contributed by atoms with Crippen LogP contribution in [-0.4, -0.2) is 67.1 Å². The minimum Gasteiger partial charge on any atom is -0.493 e. The Morgan fingerprint density at radius 2 is 1.88 bits per heavy atom. The summed E-state index contributed by atoms with van der Waals surface area (Å²) in [7, 11) is 1.62. The molecule has 11 heteroatoms. The van der Waals surface area contributed by atoms with Gasteiger partial charge in [-0.3, -0.25) is 4.90 Å². The van der Waals surface area contributed by atoms with Crippen molar-refractivity contribution in [1.29, 1.82) is 0 Å². The first-order valence-corrected chi connectivity index (χ1v) is 14.1. The summed E-state index contributed by atoms with van der Waals surface area (Å²) in [5, 5.41) is 8.68. The first-order valence-electron chi connectivity index (χ1n) is 13.7. The topological polar surface area (TPSA) is 90.3 Å². The molecule has 5 rings (SSSR count). The van der Waals surface area contributed by atoms with E-state index in [2.05, 4.69) is 25.3 Å². The number of anilines is 2. The van der Waals surface area contributed by atoms with E-state index in [4.69, 9.17) is 30.6 Å². The lowest BCUT2D eigenvalue weighted by molar-refractivity contribution is 0.0357. The number of nitrogens with zero attached hydrogens (tertiary/aromatic N) is 4. The van der Waals surface area contributed by atoms with Crippen LogP contribution in [0.2, 0.25) is 5.02 Å². The summed E-state index contributed by atoms with van der Waals surface area (Å²) in [5.41, 5.74) is 3.81. The van der Waals surface area contributed by atoms with Crippen molar-refractivity contribution in [2.75, 3.05) is 51.9 Å². The second-order valence-electron chi connectivity index (χ2n) is 9.79. The summed E-state index contributed by atoms with van der Waals surface area (Å²) in [5.74, 6) is 1.53. The molecule has 1 fully saturated rings. The fraction of sp³-hybridized carbons (Fsp3) is 0.323. The van der Waals surface area contributed by atoms with Gasteiger partial charge in [-0.2, -0.15) is 0 Å². The minimum atomic E-state index is -0.393. The molecule has 1 aliphatic heterocycles. The number of halogens is 2. The molecule has 42 heavy (non-hydrogen) atoms. The third kappa shape index (κ3) is 7.64. The number of methoxy groups -OCH3 is 1. The van der Waals surface area contributed by atoms with Crippen LogP contribution in [0.25, 0.3) is 10.9 Å². The number of rotatable bonds is 12. The smallest absolute Gasteiger partial charge is 0.162 e. The number of hydrogen-bond donors (Lipinski definition) is 1. The van der Waals surface area contributed by atoms with Crippen LogP contribution in [0.4, 0.5) is 15.9 Å². The molecule has 0 bridgehead atoms. The summed E-state index contributed by atoms with van der Waals surface area (Å²) >= 11 is 6.06. The van der Waals surface area contributed by atoms with Gasteiger partial charge in [0.1, 0.15) is 24.6 Å². The summed E-state index contributed by atoms with van der Waals surface area (Å²) in [6.07, 6.45) is 2.42. The molecule has 0 unspecified atom stereocenters. The Morgan fingerprint density at radius 3 is 2.64 bits per heavy atom. The van der Waals surface area contributed by atoms with Crippen LogP contribution in [0.3, 0.4) is 0 Å².